The first-order valence-corrected chi connectivity index (χ1v) is 24.4. The van der Waals surface area contributed by atoms with Crippen LogP contribution in [-0.2, 0) is 27.9 Å². The Balaban J connectivity index is 4.26. The molecule has 9 nitrogen and oxygen atoms in total. The molecule has 0 rings (SSSR count). The van der Waals surface area contributed by atoms with Gasteiger partial charge in [-0.25, -0.2) is 4.57 Å². The number of ether oxygens (including phenoxy) is 2. The summed E-state index contributed by atoms with van der Waals surface area (Å²) in [6, 6.07) is 0. The third kappa shape index (κ3) is 44.7. The van der Waals surface area contributed by atoms with Gasteiger partial charge in [0.05, 0.1) is 26.4 Å². The minimum atomic E-state index is -4.54. The number of allylic oxidation sites excluding steroid dienone is 18. The number of hydrogen-bond donors (Lipinski definition) is 3. The molecule has 0 aromatic rings. The summed E-state index contributed by atoms with van der Waals surface area (Å²) in [7, 11) is -4.54. The molecular formula is C50H83O9P. The SMILES string of the molecule is CC/C=C\C/C=C\C/C=C\C/C=C\C/C=C\CCCCCC(=O)OC(COCCCCCCCCC/C=C\C/C=C\C/C=C\C/C=C\CC)COP(=O)(O)OCC(O)CO. The first-order valence-electron chi connectivity index (χ1n) is 22.9. The molecule has 10 heteroatoms. The van der Waals surface area contributed by atoms with Crippen molar-refractivity contribution >= 4 is 13.8 Å². The molecule has 0 aliphatic carbocycles. The van der Waals surface area contributed by atoms with E-state index < -0.39 is 45.8 Å². The molecule has 0 radical (unpaired) electrons. The molecule has 0 heterocycles. The molecule has 0 aromatic heterocycles. The van der Waals surface area contributed by atoms with E-state index in [4.69, 9.17) is 23.6 Å². The molecule has 0 fully saturated rings. The van der Waals surface area contributed by atoms with E-state index in [1.807, 2.05) is 0 Å². The quantitative estimate of drug-likeness (QED) is 0.0238. The maximum Gasteiger partial charge on any atom is 0.472 e. The van der Waals surface area contributed by atoms with Crippen molar-refractivity contribution in [1.29, 1.82) is 0 Å². The summed E-state index contributed by atoms with van der Waals surface area (Å²) >= 11 is 0. The first-order chi connectivity index (χ1) is 29.3. The number of esters is 1. The number of aliphatic hydroxyl groups excluding tert-OH is 2. The minimum Gasteiger partial charge on any atom is -0.457 e. The van der Waals surface area contributed by atoms with Crippen molar-refractivity contribution in [3.05, 3.63) is 109 Å². The van der Waals surface area contributed by atoms with Crippen molar-refractivity contribution in [2.75, 3.05) is 33.0 Å². The number of hydrogen-bond acceptors (Lipinski definition) is 8. The van der Waals surface area contributed by atoms with Crippen LogP contribution in [0.5, 0.6) is 0 Å². The number of aliphatic hydroxyl groups is 2. The van der Waals surface area contributed by atoms with Gasteiger partial charge in [0.1, 0.15) is 12.2 Å². The van der Waals surface area contributed by atoms with Gasteiger partial charge < -0.3 is 24.6 Å². The number of unbranched alkanes of at least 4 members (excludes halogenated alkanes) is 10. The molecule has 3 unspecified atom stereocenters. The van der Waals surface area contributed by atoms with E-state index >= 15 is 0 Å². The van der Waals surface area contributed by atoms with Crippen LogP contribution in [0.25, 0.3) is 0 Å². The van der Waals surface area contributed by atoms with Crippen LogP contribution in [0.1, 0.15) is 155 Å². The van der Waals surface area contributed by atoms with Crippen LogP contribution < -0.4 is 0 Å². The van der Waals surface area contributed by atoms with E-state index in [-0.39, 0.29) is 13.0 Å². The van der Waals surface area contributed by atoms with E-state index in [1.54, 1.807) is 0 Å². The van der Waals surface area contributed by atoms with Crippen LogP contribution in [0, 0.1) is 0 Å². The molecule has 0 amide bonds. The van der Waals surface area contributed by atoms with Crippen LogP contribution >= 0.6 is 7.82 Å². The van der Waals surface area contributed by atoms with Gasteiger partial charge in [-0.15, -0.1) is 0 Å². The molecule has 0 saturated carbocycles. The second kappa shape index (κ2) is 45.6. The Morgan fingerprint density at radius 2 is 0.900 bits per heavy atom. The normalized spacial score (nSPS) is 14.9. The molecule has 342 valence electrons. The van der Waals surface area contributed by atoms with Gasteiger partial charge in [-0.3, -0.25) is 13.8 Å². The highest BCUT2D eigenvalue weighted by atomic mass is 31.2. The van der Waals surface area contributed by atoms with Gasteiger partial charge in [-0.2, -0.15) is 0 Å². The van der Waals surface area contributed by atoms with Crippen LogP contribution in [0.3, 0.4) is 0 Å². The Bertz CT molecular complexity index is 1290. The zero-order chi connectivity index (χ0) is 43.9. The minimum absolute atomic E-state index is 0.0202. The van der Waals surface area contributed by atoms with Crippen LogP contribution in [-0.4, -0.2) is 66.3 Å². The average molecular weight is 859 g/mol. The van der Waals surface area contributed by atoms with E-state index in [1.165, 1.54) is 25.7 Å². The number of phosphoric acid groups is 1. The van der Waals surface area contributed by atoms with Gasteiger partial charge >= 0.3 is 13.8 Å². The third-order valence-electron chi connectivity index (χ3n) is 8.95. The van der Waals surface area contributed by atoms with E-state index in [0.717, 1.165) is 103 Å². The Hall–Kier alpha value is -2.88. The number of carbonyl (C=O) groups is 1. The predicted molar refractivity (Wildman–Crippen MR) is 251 cm³/mol. The third-order valence-corrected chi connectivity index (χ3v) is 9.90. The second-order valence-corrected chi connectivity index (χ2v) is 16.1. The summed E-state index contributed by atoms with van der Waals surface area (Å²) in [6.45, 7) is 3.19. The molecule has 60 heavy (non-hydrogen) atoms. The Kier molecular flexibility index (Phi) is 43.5. The fourth-order valence-corrected chi connectivity index (χ4v) is 6.34. The molecule has 3 N–H and O–H groups in total. The lowest BCUT2D eigenvalue weighted by molar-refractivity contribution is -0.154. The summed E-state index contributed by atoms with van der Waals surface area (Å²) in [5, 5.41) is 18.4. The Labute approximate surface area is 365 Å². The lowest BCUT2D eigenvalue weighted by Gasteiger charge is -2.20. The van der Waals surface area contributed by atoms with Crippen LogP contribution in [0.4, 0.5) is 0 Å². The Morgan fingerprint density at radius 3 is 1.35 bits per heavy atom. The number of carbonyl (C=O) groups excluding carboxylic acids is 1. The topological polar surface area (TPSA) is 132 Å². The molecule has 0 aliphatic rings. The van der Waals surface area contributed by atoms with Gasteiger partial charge in [0.25, 0.3) is 0 Å². The molecule has 0 saturated heterocycles. The fourth-order valence-electron chi connectivity index (χ4n) is 5.55. The molecule has 0 aliphatic heterocycles. The molecule has 3 atom stereocenters. The highest BCUT2D eigenvalue weighted by Crippen LogP contribution is 2.43. The second-order valence-electron chi connectivity index (χ2n) is 14.7. The van der Waals surface area contributed by atoms with Gasteiger partial charge in [0.15, 0.2) is 0 Å². The largest absolute Gasteiger partial charge is 0.472 e. The predicted octanol–water partition coefficient (Wildman–Crippen LogP) is 13.0. The van der Waals surface area contributed by atoms with Gasteiger partial charge in [0.2, 0.25) is 0 Å². The number of phosphoric ester groups is 1. The van der Waals surface area contributed by atoms with E-state index in [9.17, 15) is 19.4 Å². The summed E-state index contributed by atoms with van der Waals surface area (Å²) in [4.78, 5) is 22.6. The smallest absolute Gasteiger partial charge is 0.457 e. The van der Waals surface area contributed by atoms with E-state index in [2.05, 4.69) is 123 Å². The van der Waals surface area contributed by atoms with Crippen LogP contribution in [0.15, 0.2) is 109 Å². The summed E-state index contributed by atoms with van der Waals surface area (Å²) in [5.41, 5.74) is 0. The van der Waals surface area contributed by atoms with Crippen molar-refractivity contribution in [3.63, 3.8) is 0 Å². The molecular weight excluding hydrogens is 776 g/mol. The summed E-state index contributed by atoms with van der Waals surface area (Å²) < 4.78 is 33.4. The monoisotopic (exact) mass is 859 g/mol. The highest BCUT2D eigenvalue weighted by molar-refractivity contribution is 7.47. The first kappa shape index (κ1) is 57.1. The fraction of sp³-hybridized carbons (Fsp3) is 0.620. The zero-order valence-electron chi connectivity index (χ0n) is 37.4. The van der Waals surface area contributed by atoms with Gasteiger partial charge in [0, 0.05) is 13.0 Å². The van der Waals surface area contributed by atoms with Crippen molar-refractivity contribution in [3.8, 4) is 0 Å². The van der Waals surface area contributed by atoms with Gasteiger partial charge in [-0.05, 0) is 96.3 Å². The van der Waals surface area contributed by atoms with Crippen molar-refractivity contribution in [2.24, 2.45) is 0 Å². The van der Waals surface area contributed by atoms with Crippen molar-refractivity contribution in [1.82, 2.24) is 0 Å². The van der Waals surface area contributed by atoms with Crippen molar-refractivity contribution in [2.45, 2.75) is 167 Å². The standard InChI is InChI=1S/C50H83O9P/c1-3-5-7-9-11-13-15-17-19-21-23-25-27-29-31-33-35-37-39-41-43-56-46-49(47-58-60(54,55)57-45-48(52)44-51)59-50(53)42-40-38-36-34-32-30-28-26-24-22-20-18-16-14-12-10-8-6-4-2/h5-8,11-14,17-20,23-26,30,32,48-49,51-52H,3-4,9-10,15-16,21-22,27-29,31,33-47H2,1-2H3,(H,54,55)/b7-5-,8-6-,13-11-,14-12-,19-17-,20-18-,25-23-,26-24-,32-30-. The summed E-state index contributed by atoms with van der Waals surface area (Å²) in [6.07, 6.45) is 59.0. The molecule has 0 bridgehead atoms. The van der Waals surface area contributed by atoms with Crippen molar-refractivity contribution < 1.29 is 43.0 Å². The lowest BCUT2D eigenvalue weighted by atomic mass is 10.1. The zero-order valence-corrected chi connectivity index (χ0v) is 38.3. The maximum atomic E-state index is 12.6. The average Bonchev–Trinajstić information content (AvgIpc) is 3.24. The molecule has 0 aromatic carbocycles. The molecule has 0 spiro atoms. The highest BCUT2D eigenvalue weighted by Gasteiger charge is 2.26. The van der Waals surface area contributed by atoms with Gasteiger partial charge in [-0.1, -0.05) is 162 Å². The maximum absolute atomic E-state index is 12.6. The Morgan fingerprint density at radius 1 is 0.517 bits per heavy atom. The van der Waals surface area contributed by atoms with E-state index in [0.29, 0.717) is 13.0 Å². The lowest BCUT2D eigenvalue weighted by Crippen LogP contribution is -2.29. The van der Waals surface area contributed by atoms with Crippen LogP contribution in [0.2, 0.25) is 0 Å². The number of rotatable bonds is 42. The summed E-state index contributed by atoms with van der Waals surface area (Å²) in [5.74, 6) is -0.423.